The first-order valence-electron chi connectivity index (χ1n) is 7.22. The number of Topliss-reactive ketones (excluding diaryl/α,β-unsaturated/α-hetero) is 1. The number of carbonyl (C=O) groups excluding carboxylic acids is 2. The Morgan fingerprint density at radius 1 is 1.20 bits per heavy atom. The van der Waals surface area contributed by atoms with Crippen molar-refractivity contribution in [2.24, 2.45) is 0 Å². The number of hydrogen-bond donors (Lipinski definition) is 0. The molecule has 3 heteroatoms. The second-order valence-electron chi connectivity index (χ2n) is 4.54. The van der Waals surface area contributed by atoms with E-state index < -0.39 is 0 Å². The van der Waals surface area contributed by atoms with E-state index >= 15 is 0 Å². The average molecular weight is 273 g/mol. The van der Waals surface area contributed by atoms with E-state index in [1.807, 2.05) is 44.2 Å². The quantitative estimate of drug-likeness (QED) is 0.792. The Morgan fingerprint density at radius 2 is 1.85 bits per heavy atom. The van der Waals surface area contributed by atoms with E-state index in [9.17, 15) is 9.59 Å². The van der Waals surface area contributed by atoms with Crippen molar-refractivity contribution in [3.05, 3.63) is 42.0 Å². The number of rotatable bonds is 3. The zero-order valence-corrected chi connectivity index (χ0v) is 12.5. The van der Waals surface area contributed by atoms with E-state index in [-0.39, 0.29) is 17.7 Å². The molecule has 0 bridgehead atoms. The third-order valence-electron chi connectivity index (χ3n) is 3.22. The van der Waals surface area contributed by atoms with Crippen LogP contribution in [-0.2, 0) is 9.59 Å². The van der Waals surface area contributed by atoms with Crippen molar-refractivity contribution in [3.8, 4) is 0 Å². The van der Waals surface area contributed by atoms with Crippen LogP contribution >= 0.6 is 0 Å². The SMILES string of the molecule is CC.CC(=O)C1CCCN1C(=O)/C=C/c1ccccc1. The molecule has 1 amide bonds. The smallest absolute Gasteiger partial charge is 0.247 e. The van der Waals surface area contributed by atoms with Crippen molar-refractivity contribution in [1.29, 1.82) is 0 Å². The maximum atomic E-state index is 12.0. The van der Waals surface area contributed by atoms with E-state index in [4.69, 9.17) is 0 Å². The van der Waals surface area contributed by atoms with Crippen LogP contribution in [0, 0.1) is 0 Å². The molecule has 0 saturated carbocycles. The zero-order chi connectivity index (χ0) is 15.0. The van der Waals surface area contributed by atoms with Crippen molar-refractivity contribution >= 4 is 17.8 Å². The van der Waals surface area contributed by atoms with Crippen LogP contribution in [0.1, 0.15) is 39.2 Å². The fourth-order valence-corrected chi connectivity index (χ4v) is 2.28. The van der Waals surface area contributed by atoms with Gasteiger partial charge in [-0.05, 0) is 31.4 Å². The van der Waals surface area contributed by atoms with Crippen LogP contribution in [0.4, 0.5) is 0 Å². The highest BCUT2D eigenvalue weighted by Crippen LogP contribution is 2.18. The zero-order valence-electron chi connectivity index (χ0n) is 12.5. The Kier molecular flexibility index (Phi) is 6.71. The maximum Gasteiger partial charge on any atom is 0.247 e. The second-order valence-corrected chi connectivity index (χ2v) is 4.54. The predicted octanol–water partition coefficient (Wildman–Crippen LogP) is 3.31. The molecule has 1 aliphatic rings. The number of likely N-dealkylation sites (tertiary alicyclic amines) is 1. The van der Waals surface area contributed by atoms with E-state index in [0.717, 1.165) is 18.4 Å². The first kappa shape index (κ1) is 16.2. The molecule has 0 aromatic heterocycles. The third kappa shape index (κ3) is 4.34. The molecule has 20 heavy (non-hydrogen) atoms. The lowest BCUT2D eigenvalue weighted by Gasteiger charge is -2.20. The molecule has 1 heterocycles. The first-order valence-corrected chi connectivity index (χ1v) is 7.22. The number of carbonyl (C=O) groups is 2. The van der Waals surface area contributed by atoms with E-state index in [2.05, 4.69) is 0 Å². The molecule has 0 spiro atoms. The van der Waals surface area contributed by atoms with E-state index in [1.54, 1.807) is 24.0 Å². The van der Waals surface area contributed by atoms with E-state index in [1.165, 1.54) is 0 Å². The Labute approximate surface area is 121 Å². The van der Waals surface area contributed by atoms with Gasteiger partial charge < -0.3 is 4.90 Å². The molecule has 0 radical (unpaired) electrons. The van der Waals surface area contributed by atoms with Gasteiger partial charge >= 0.3 is 0 Å². The summed E-state index contributed by atoms with van der Waals surface area (Å²) in [5, 5.41) is 0. The second kappa shape index (κ2) is 8.31. The minimum absolute atomic E-state index is 0.0726. The molecule has 1 saturated heterocycles. The van der Waals surface area contributed by atoms with Gasteiger partial charge in [-0.15, -0.1) is 0 Å². The molecule has 1 atom stereocenters. The summed E-state index contributed by atoms with van der Waals surface area (Å²) in [5.74, 6) is 0.00511. The van der Waals surface area contributed by atoms with Gasteiger partial charge in [0.2, 0.25) is 5.91 Å². The molecule has 1 unspecified atom stereocenters. The van der Waals surface area contributed by atoms with Gasteiger partial charge in [0.15, 0.2) is 5.78 Å². The Hall–Kier alpha value is -1.90. The van der Waals surface area contributed by atoms with Gasteiger partial charge in [-0.1, -0.05) is 44.2 Å². The Morgan fingerprint density at radius 3 is 2.45 bits per heavy atom. The van der Waals surface area contributed by atoms with Crippen molar-refractivity contribution in [2.75, 3.05) is 6.54 Å². The van der Waals surface area contributed by atoms with Crippen LogP contribution in [0.15, 0.2) is 36.4 Å². The molecule has 1 aromatic carbocycles. The van der Waals surface area contributed by atoms with Gasteiger partial charge in [-0.25, -0.2) is 0 Å². The summed E-state index contributed by atoms with van der Waals surface area (Å²) in [5.41, 5.74) is 0.990. The molecular formula is C17H23NO2. The molecule has 1 aromatic rings. The van der Waals surface area contributed by atoms with Crippen LogP contribution in [0.2, 0.25) is 0 Å². The first-order chi connectivity index (χ1) is 9.68. The fraction of sp³-hybridized carbons (Fsp3) is 0.412. The normalized spacial score (nSPS) is 17.8. The highest BCUT2D eigenvalue weighted by Gasteiger charge is 2.30. The van der Waals surface area contributed by atoms with Gasteiger partial charge in [-0.3, -0.25) is 9.59 Å². The summed E-state index contributed by atoms with van der Waals surface area (Å²) in [6.07, 6.45) is 5.05. The molecular weight excluding hydrogens is 250 g/mol. The lowest BCUT2D eigenvalue weighted by atomic mass is 10.1. The van der Waals surface area contributed by atoms with Crippen molar-refractivity contribution in [2.45, 2.75) is 39.7 Å². The average Bonchev–Trinajstić information content (AvgIpc) is 2.98. The van der Waals surface area contributed by atoms with Crippen LogP contribution in [-0.4, -0.2) is 29.2 Å². The van der Waals surface area contributed by atoms with Crippen molar-refractivity contribution in [3.63, 3.8) is 0 Å². The number of benzene rings is 1. The highest BCUT2D eigenvalue weighted by molar-refractivity contribution is 5.95. The van der Waals surface area contributed by atoms with Crippen LogP contribution in [0.25, 0.3) is 6.08 Å². The van der Waals surface area contributed by atoms with Gasteiger partial charge in [0.25, 0.3) is 0 Å². The molecule has 3 nitrogen and oxygen atoms in total. The molecule has 0 aliphatic carbocycles. The molecule has 2 rings (SSSR count). The summed E-state index contributed by atoms with van der Waals surface area (Å²) in [4.78, 5) is 25.1. The summed E-state index contributed by atoms with van der Waals surface area (Å²) < 4.78 is 0. The monoisotopic (exact) mass is 273 g/mol. The largest absolute Gasteiger partial charge is 0.329 e. The molecule has 0 N–H and O–H groups in total. The van der Waals surface area contributed by atoms with Gasteiger partial charge in [0, 0.05) is 12.6 Å². The minimum Gasteiger partial charge on any atom is -0.329 e. The summed E-state index contributed by atoms with van der Waals surface area (Å²) >= 11 is 0. The van der Waals surface area contributed by atoms with Crippen LogP contribution in [0.5, 0.6) is 0 Å². The van der Waals surface area contributed by atoms with Gasteiger partial charge in [0.05, 0.1) is 6.04 Å². The standard InChI is InChI=1S/C15H17NO2.C2H6/c1-12(17)14-8-5-11-16(14)15(18)10-9-13-6-3-2-4-7-13;1-2/h2-4,6-7,9-10,14H,5,8,11H2,1H3;1-2H3/b10-9+;. The van der Waals surface area contributed by atoms with Crippen molar-refractivity contribution in [1.82, 2.24) is 4.90 Å². The Balaban J connectivity index is 0.000000956. The number of hydrogen-bond acceptors (Lipinski definition) is 2. The summed E-state index contributed by atoms with van der Waals surface area (Å²) in [6, 6.07) is 9.45. The predicted molar refractivity (Wildman–Crippen MR) is 82.2 cm³/mol. The Bertz CT molecular complexity index is 465. The lowest BCUT2D eigenvalue weighted by Crippen LogP contribution is -2.38. The molecule has 1 fully saturated rings. The minimum atomic E-state index is -0.224. The summed E-state index contributed by atoms with van der Waals surface area (Å²) in [7, 11) is 0. The van der Waals surface area contributed by atoms with Gasteiger partial charge in [-0.2, -0.15) is 0 Å². The summed E-state index contributed by atoms with van der Waals surface area (Å²) in [6.45, 7) is 6.24. The lowest BCUT2D eigenvalue weighted by molar-refractivity contribution is -0.133. The topological polar surface area (TPSA) is 37.4 Å². The highest BCUT2D eigenvalue weighted by atomic mass is 16.2. The van der Waals surface area contributed by atoms with E-state index in [0.29, 0.717) is 6.54 Å². The van der Waals surface area contributed by atoms with Crippen molar-refractivity contribution < 1.29 is 9.59 Å². The fourth-order valence-electron chi connectivity index (χ4n) is 2.28. The van der Waals surface area contributed by atoms with Crippen LogP contribution < -0.4 is 0 Å². The van der Waals surface area contributed by atoms with Crippen LogP contribution in [0.3, 0.4) is 0 Å². The number of nitrogens with zero attached hydrogens (tertiary/aromatic N) is 1. The molecule has 108 valence electrons. The van der Waals surface area contributed by atoms with Gasteiger partial charge in [0.1, 0.15) is 0 Å². The molecule has 1 aliphatic heterocycles. The number of amides is 1. The third-order valence-corrected chi connectivity index (χ3v) is 3.22. The maximum absolute atomic E-state index is 12.0. The number of ketones is 1.